The molecule has 0 saturated carbocycles. The molecule has 0 bridgehead atoms. The number of amides is 1. The number of aromatic hydroxyl groups is 1. The molecule has 0 aromatic heterocycles. The number of likely N-dealkylation sites (N-methyl/N-ethyl adjacent to an activating group) is 1. The molecule has 5 nitrogen and oxygen atoms in total. The van der Waals surface area contributed by atoms with E-state index >= 15 is 0 Å². The second-order valence-corrected chi connectivity index (χ2v) is 7.07. The molecule has 0 aliphatic carbocycles. The number of hydrogen-bond acceptors (Lipinski definition) is 3. The molecule has 2 N–H and O–H groups in total. The Labute approximate surface area is 158 Å². The highest BCUT2D eigenvalue weighted by molar-refractivity contribution is 6.31. The van der Waals surface area contributed by atoms with E-state index in [9.17, 15) is 9.90 Å². The van der Waals surface area contributed by atoms with Gasteiger partial charge >= 0.3 is 0 Å². The number of halogens is 1. The first kappa shape index (κ1) is 18.3. The standard InChI is InChI=1S/C20H22ClN3O2/c1-12-8-14(9-13(2)19(12)25)6-7-22-18-11-24(3)20(26)16-10-15(21)4-5-17(16)23-18/h4-5,8-10,25H,6-7,11H2,1-3H3,(H,22,23). The largest absolute Gasteiger partial charge is 0.507 e. The number of carbonyl (C=O) groups excluding carboxylic acids is 1. The summed E-state index contributed by atoms with van der Waals surface area (Å²) in [6.07, 6.45) is 0.762. The Balaban J connectivity index is 1.77. The summed E-state index contributed by atoms with van der Waals surface area (Å²) >= 11 is 6.02. The number of rotatable bonds is 3. The average Bonchev–Trinajstić information content (AvgIpc) is 2.70. The average molecular weight is 372 g/mol. The first-order valence-electron chi connectivity index (χ1n) is 8.49. The minimum Gasteiger partial charge on any atom is -0.507 e. The molecule has 1 heterocycles. The molecule has 0 fully saturated rings. The SMILES string of the molecule is Cc1cc(CCN=C2CN(C)C(=O)c3cc(Cl)ccc3N2)cc(C)c1O. The Hall–Kier alpha value is -2.53. The lowest BCUT2D eigenvalue weighted by molar-refractivity contribution is 0.0817. The molecular weight excluding hydrogens is 350 g/mol. The van der Waals surface area contributed by atoms with Crippen molar-refractivity contribution in [3.05, 3.63) is 57.6 Å². The quantitative estimate of drug-likeness (QED) is 0.862. The zero-order valence-corrected chi connectivity index (χ0v) is 15.9. The predicted octanol–water partition coefficient (Wildman–Crippen LogP) is 3.80. The number of phenols is 1. The van der Waals surface area contributed by atoms with Crippen molar-refractivity contribution >= 4 is 29.0 Å². The third kappa shape index (κ3) is 3.83. The number of hydrogen-bond donors (Lipinski definition) is 2. The molecule has 2 aromatic rings. The molecule has 0 unspecified atom stereocenters. The molecule has 136 valence electrons. The summed E-state index contributed by atoms with van der Waals surface area (Å²) in [7, 11) is 1.75. The van der Waals surface area contributed by atoms with Gasteiger partial charge in [0.1, 0.15) is 11.6 Å². The zero-order chi connectivity index (χ0) is 18.8. The van der Waals surface area contributed by atoms with E-state index in [1.807, 2.05) is 26.0 Å². The number of nitrogens with one attached hydrogen (secondary N) is 1. The van der Waals surface area contributed by atoms with Gasteiger partial charge < -0.3 is 15.3 Å². The highest BCUT2D eigenvalue weighted by Gasteiger charge is 2.22. The van der Waals surface area contributed by atoms with Crippen LogP contribution in [-0.2, 0) is 6.42 Å². The van der Waals surface area contributed by atoms with Crippen molar-refractivity contribution in [1.82, 2.24) is 4.90 Å². The van der Waals surface area contributed by atoms with Crippen molar-refractivity contribution in [3.8, 4) is 5.75 Å². The lowest BCUT2D eigenvalue weighted by atomic mass is 10.0. The van der Waals surface area contributed by atoms with E-state index in [-0.39, 0.29) is 5.91 Å². The Morgan fingerprint density at radius 2 is 1.92 bits per heavy atom. The number of phenolic OH excluding ortho intramolecular Hbond substituents is 1. The summed E-state index contributed by atoms with van der Waals surface area (Å²) in [5.74, 6) is 1.01. The Morgan fingerprint density at radius 3 is 2.62 bits per heavy atom. The number of fused-ring (bicyclic) bond motifs is 1. The van der Waals surface area contributed by atoms with Crippen LogP contribution in [0.15, 0.2) is 35.3 Å². The van der Waals surface area contributed by atoms with Crippen molar-refractivity contribution in [2.45, 2.75) is 20.3 Å². The van der Waals surface area contributed by atoms with Crippen LogP contribution in [0.2, 0.25) is 5.02 Å². The minimum absolute atomic E-state index is 0.0787. The summed E-state index contributed by atoms with van der Waals surface area (Å²) in [5, 5.41) is 13.7. The van der Waals surface area contributed by atoms with E-state index in [0.29, 0.717) is 29.4 Å². The van der Waals surface area contributed by atoms with Crippen LogP contribution in [0.25, 0.3) is 0 Å². The van der Waals surface area contributed by atoms with Crippen molar-refractivity contribution in [2.24, 2.45) is 4.99 Å². The van der Waals surface area contributed by atoms with Crippen molar-refractivity contribution in [2.75, 3.05) is 25.5 Å². The number of aryl methyl sites for hydroxylation is 2. The molecule has 0 saturated heterocycles. The fourth-order valence-corrected chi connectivity index (χ4v) is 3.27. The first-order valence-corrected chi connectivity index (χ1v) is 8.87. The molecule has 0 atom stereocenters. The highest BCUT2D eigenvalue weighted by atomic mass is 35.5. The van der Waals surface area contributed by atoms with Crippen LogP contribution in [0.3, 0.4) is 0 Å². The van der Waals surface area contributed by atoms with Crippen LogP contribution in [0, 0.1) is 13.8 Å². The number of aliphatic imine (C=N–C) groups is 1. The van der Waals surface area contributed by atoms with Gasteiger partial charge in [-0.2, -0.15) is 0 Å². The van der Waals surface area contributed by atoms with Gasteiger partial charge in [-0.3, -0.25) is 9.79 Å². The van der Waals surface area contributed by atoms with E-state index in [1.165, 1.54) is 0 Å². The van der Waals surface area contributed by atoms with E-state index in [2.05, 4.69) is 10.3 Å². The van der Waals surface area contributed by atoms with E-state index in [4.69, 9.17) is 11.6 Å². The fraction of sp³-hybridized carbons (Fsp3) is 0.300. The van der Waals surface area contributed by atoms with Gasteiger partial charge in [0.05, 0.1) is 17.8 Å². The number of nitrogens with zero attached hydrogens (tertiary/aromatic N) is 2. The van der Waals surface area contributed by atoms with Gasteiger partial charge in [0.25, 0.3) is 5.91 Å². The monoisotopic (exact) mass is 371 g/mol. The fourth-order valence-electron chi connectivity index (χ4n) is 3.10. The summed E-state index contributed by atoms with van der Waals surface area (Å²) < 4.78 is 0. The topological polar surface area (TPSA) is 64.9 Å². The molecule has 26 heavy (non-hydrogen) atoms. The molecule has 0 radical (unpaired) electrons. The lowest BCUT2D eigenvalue weighted by Gasteiger charge is -2.14. The summed E-state index contributed by atoms with van der Waals surface area (Å²) in [6, 6.07) is 9.20. The maximum Gasteiger partial charge on any atom is 0.256 e. The van der Waals surface area contributed by atoms with Gasteiger partial charge in [0.15, 0.2) is 0 Å². The van der Waals surface area contributed by atoms with Gasteiger partial charge in [0, 0.05) is 18.6 Å². The molecule has 0 spiro atoms. The van der Waals surface area contributed by atoms with Gasteiger partial charge in [-0.25, -0.2) is 0 Å². The van der Waals surface area contributed by atoms with Gasteiger partial charge in [-0.05, 0) is 55.2 Å². The second-order valence-electron chi connectivity index (χ2n) is 6.63. The van der Waals surface area contributed by atoms with Crippen LogP contribution < -0.4 is 5.32 Å². The molecule has 1 aliphatic rings. The predicted molar refractivity (Wildman–Crippen MR) is 106 cm³/mol. The van der Waals surface area contributed by atoms with Gasteiger partial charge in [-0.15, -0.1) is 0 Å². The molecule has 3 rings (SSSR count). The van der Waals surface area contributed by atoms with Crippen LogP contribution in [0.1, 0.15) is 27.0 Å². The Morgan fingerprint density at radius 1 is 1.23 bits per heavy atom. The Bertz CT molecular complexity index is 870. The maximum absolute atomic E-state index is 12.5. The van der Waals surface area contributed by atoms with Crippen molar-refractivity contribution in [3.63, 3.8) is 0 Å². The molecule has 1 amide bonds. The first-order chi connectivity index (χ1) is 12.3. The molecule has 2 aromatic carbocycles. The molecule has 1 aliphatic heterocycles. The number of amidine groups is 1. The maximum atomic E-state index is 12.5. The summed E-state index contributed by atoms with van der Waals surface area (Å²) in [5.41, 5.74) is 4.15. The zero-order valence-electron chi connectivity index (χ0n) is 15.1. The number of anilines is 1. The van der Waals surface area contributed by atoms with Crippen LogP contribution >= 0.6 is 11.6 Å². The van der Waals surface area contributed by atoms with Crippen LogP contribution in [-0.4, -0.2) is 41.9 Å². The number of carbonyl (C=O) groups is 1. The minimum atomic E-state index is -0.0787. The number of benzene rings is 2. The third-order valence-corrected chi connectivity index (χ3v) is 4.71. The van der Waals surface area contributed by atoms with Gasteiger partial charge in [0.2, 0.25) is 0 Å². The molecule has 6 heteroatoms. The van der Waals surface area contributed by atoms with E-state index in [1.54, 1.807) is 30.1 Å². The lowest BCUT2D eigenvalue weighted by Crippen LogP contribution is -2.31. The normalized spacial score (nSPS) is 15.6. The van der Waals surface area contributed by atoms with E-state index in [0.717, 1.165) is 34.6 Å². The van der Waals surface area contributed by atoms with Gasteiger partial charge in [-0.1, -0.05) is 23.7 Å². The van der Waals surface area contributed by atoms with Crippen molar-refractivity contribution < 1.29 is 9.90 Å². The van der Waals surface area contributed by atoms with E-state index < -0.39 is 0 Å². The second kappa shape index (κ2) is 7.38. The summed E-state index contributed by atoms with van der Waals surface area (Å²) in [6.45, 7) is 4.80. The molecular formula is C20H22ClN3O2. The van der Waals surface area contributed by atoms with Crippen LogP contribution in [0.4, 0.5) is 5.69 Å². The smallest absolute Gasteiger partial charge is 0.256 e. The third-order valence-electron chi connectivity index (χ3n) is 4.48. The Kier molecular flexibility index (Phi) is 5.18. The van der Waals surface area contributed by atoms with Crippen molar-refractivity contribution in [1.29, 1.82) is 0 Å². The summed E-state index contributed by atoms with van der Waals surface area (Å²) in [4.78, 5) is 18.8. The van der Waals surface area contributed by atoms with Crippen LogP contribution in [0.5, 0.6) is 5.75 Å². The highest BCUT2D eigenvalue weighted by Crippen LogP contribution is 2.25.